The molecular formula is C17H19NO4. The van der Waals surface area contributed by atoms with Crippen LogP contribution in [0.15, 0.2) is 33.5 Å². The monoisotopic (exact) mass is 301 g/mol. The number of benzene rings is 1. The van der Waals surface area contributed by atoms with E-state index in [9.17, 15) is 9.59 Å². The van der Waals surface area contributed by atoms with Crippen LogP contribution >= 0.6 is 0 Å². The van der Waals surface area contributed by atoms with Gasteiger partial charge in [-0.2, -0.15) is 0 Å². The fourth-order valence-electron chi connectivity index (χ4n) is 2.88. The van der Waals surface area contributed by atoms with Crippen LogP contribution in [-0.2, 0) is 4.74 Å². The number of aryl methyl sites for hydroxylation is 1. The third kappa shape index (κ3) is 2.76. The van der Waals surface area contributed by atoms with Crippen LogP contribution in [0.5, 0.6) is 0 Å². The van der Waals surface area contributed by atoms with E-state index in [0.29, 0.717) is 24.1 Å². The average Bonchev–Trinajstić information content (AvgIpc) is 2.46. The summed E-state index contributed by atoms with van der Waals surface area (Å²) in [5.74, 6) is -0.177. The maximum atomic E-state index is 12.6. The molecule has 0 aliphatic carbocycles. The van der Waals surface area contributed by atoms with Crippen molar-refractivity contribution in [1.29, 1.82) is 0 Å². The number of rotatable bonds is 1. The van der Waals surface area contributed by atoms with E-state index in [-0.39, 0.29) is 29.3 Å². The third-order valence-electron chi connectivity index (χ3n) is 3.80. The highest BCUT2D eigenvalue weighted by atomic mass is 16.5. The number of amides is 1. The van der Waals surface area contributed by atoms with Gasteiger partial charge in [0.15, 0.2) is 11.2 Å². The van der Waals surface area contributed by atoms with Crippen molar-refractivity contribution in [3.05, 3.63) is 45.8 Å². The Bertz CT molecular complexity index is 770. The lowest BCUT2D eigenvalue weighted by atomic mass is 10.1. The highest BCUT2D eigenvalue weighted by molar-refractivity contribution is 5.93. The minimum Gasteiger partial charge on any atom is -0.451 e. The molecule has 1 saturated heterocycles. The van der Waals surface area contributed by atoms with Crippen molar-refractivity contribution in [2.24, 2.45) is 0 Å². The van der Waals surface area contributed by atoms with Crippen molar-refractivity contribution in [1.82, 2.24) is 4.90 Å². The highest BCUT2D eigenvalue weighted by Crippen LogP contribution is 2.18. The number of nitrogens with zero attached hydrogens (tertiary/aromatic N) is 1. The van der Waals surface area contributed by atoms with Crippen LogP contribution in [0.25, 0.3) is 11.0 Å². The SMILES string of the molecule is Cc1ccc2oc(C(=O)N3CC(C)OC(C)C3)cc(=O)c2c1. The van der Waals surface area contributed by atoms with E-state index < -0.39 is 0 Å². The Morgan fingerprint density at radius 3 is 2.55 bits per heavy atom. The first-order valence-corrected chi connectivity index (χ1v) is 7.43. The van der Waals surface area contributed by atoms with Crippen LogP contribution in [0.2, 0.25) is 0 Å². The summed E-state index contributed by atoms with van der Waals surface area (Å²) in [6, 6.07) is 6.65. The Morgan fingerprint density at radius 2 is 1.86 bits per heavy atom. The van der Waals surface area contributed by atoms with Crippen LogP contribution in [0.3, 0.4) is 0 Å². The van der Waals surface area contributed by atoms with Gasteiger partial charge in [0.25, 0.3) is 5.91 Å². The molecule has 116 valence electrons. The maximum Gasteiger partial charge on any atom is 0.289 e. The predicted octanol–water partition coefficient (Wildman–Crippen LogP) is 2.35. The van der Waals surface area contributed by atoms with Crippen LogP contribution < -0.4 is 5.43 Å². The van der Waals surface area contributed by atoms with Crippen LogP contribution in [0.4, 0.5) is 0 Å². The van der Waals surface area contributed by atoms with Gasteiger partial charge in [-0.3, -0.25) is 9.59 Å². The number of morpholine rings is 1. The molecule has 2 heterocycles. The lowest BCUT2D eigenvalue weighted by molar-refractivity contribution is -0.0592. The van der Waals surface area contributed by atoms with Gasteiger partial charge in [-0.1, -0.05) is 11.6 Å². The summed E-state index contributed by atoms with van der Waals surface area (Å²) >= 11 is 0. The van der Waals surface area contributed by atoms with Crippen molar-refractivity contribution in [2.75, 3.05) is 13.1 Å². The van der Waals surface area contributed by atoms with E-state index in [1.807, 2.05) is 26.8 Å². The molecule has 1 fully saturated rings. The van der Waals surface area contributed by atoms with Gasteiger partial charge in [0, 0.05) is 19.2 Å². The quantitative estimate of drug-likeness (QED) is 0.811. The zero-order valence-corrected chi connectivity index (χ0v) is 13.0. The molecule has 2 aromatic rings. The first-order chi connectivity index (χ1) is 10.4. The molecule has 0 bridgehead atoms. The van der Waals surface area contributed by atoms with Crippen molar-refractivity contribution in [3.63, 3.8) is 0 Å². The van der Waals surface area contributed by atoms with E-state index >= 15 is 0 Å². The number of hydrogen-bond acceptors (Lipinski definition) is 4. The highest BCUT2D eigenvalue weighted by Gasteiger charge is 2.28. The standard InChI is InChI=1S/C17H19NO4/c1-10-4-5-15-13(6-10)14(19)7-16(22-15)17(20)18-8-11(2)21-12(3)9-18/h4-7,11-12H,8-9H2,1-3H3. The second-order valence-corrected chi connectivity index (χ2v) is 5.94. The predicted molar refractivity (Wildman–Crippen MR) is 83.1 cm³/mol. The second-order valence-electron chi connectivity index (χ2n) is 5.94. The molecule has 5 nitrogen and oxygen atoms in total. The van der Waals surface area contributed by atoms with Gasteiger partial charge in [-0.05, 0) is 32.9 Å². The van der Waals surface area contributed by atoms with E-state index in [1.165, 1.54) is 6.07 Å². The molecule has 5 heteroatoms. The molecule has 0 saturated carbocycles. The minimum absolute atomic E-state index is 0.0254. The molecule has 3 rings (SSSR count). The molecule has 22 heavy (non-hydrogen) atoms. The van der Waals surface area contributed by atoms with Crippen molar-refractivity contribution >= 4 is 16.9 Å². The molecule has 1 aromatic carbocycles. The van der Waals surface area contributed by atoms with Crippen molar-refractivity contribution in [2.45, 2.75) is 33.0 Å². The number of carbonyl (C=O) groups excluding carboxylic acids is 1. The Morgan fingerprint density at radius 1 is 1.18 bits per heavy atom. The largest absolute Gasteiger partial charge is 0.451 e. The summed E-state index contributed by atoms with van der Waals surface area (Å²) in [5.41, 5.74) is 1.23. The molecule has 0 N–H and O–H groups in total. The number of fused-ring (bicyclic) bond motifs is 1. The Labute approximate surface area is 128 Å². The summed E-state index contributed by atoms with van der Waals surface area (Å²) in [7, 11) is 0. The summed E-state index contributed by atoms with van der Waals surface area (Å²) < 4.78 is 11.3. The van der Waals surface area contributed by atoms with Crippen molar-refractivity contribution < 1.29 is 13.9 Å². The topological polar surface area (TPSA) is 59.8 Å². The third-order valence-corrected chi connectivity index (χ3v) is 3.80. The number of ether oxygens (including phenoxy) is 1. The lowest BCUT2D eigenvalue weighted by Crippen LogP contribution is -2.48. The Kier molecular flexibility index (Phi) is 3.74. The van der Waals surface area contributed by atoms with Gasteiger partial charge in [0.05, 0.1) is 17.6 Å². The van der Waals surface area contributed by atoms with Crippen LogP contribution in [0.1, 0.15) is 30.0 Å². The molecule has 1 aliphatic rings. The van der Waals surface area contributed by atoms with Crippen LogP contribution in [-0.4, -0.2) is 36.1 Å². The first kappa shape index (κ1) is 14.8. The lowest BCUT2D eigenvalue weighted by Gasteiger charge is -2.34. The molecule has 1 amide bonds. The van der Waals surface area contributed by atoms with Gasteiger partial charge >= 0.3 is 0 Å². The zero-order valence-electron chi connectivity index (χ0n) is 13.0. The van der Waals surface area contributed by atoms with Gasteiger partial charge in [0.1, 0.15) is 5.58 Å². The number of carbonyl (C=O) groups is 1. The van der Waals surface area contributed by atoms with E-state index in [2.05, 4.69) is 0 Å². The van der Waals surface area contributed by atoms with Gasteiger partial charge in [0.2, 0.25) is 0 Å². The van der Waals surface area contributed by atoms with Crippen molar-refractivity contribution in [3.8, 4) is 0 Å². The summed E-state index contributed by atoms with van der Waals surface area (Å²) in [6.07, 6.45) is -0.0509. The molecular weight excluding hydrogens is 282 g/mol. The maximum absolute atomic E-state index is 12.6. The average molecular weight is 301 g/mol. The summed E-state index contributed by atoms with van der Waals surface area (Å²) in [4.78, 5) is 26.5. The van der Waals surface area contributed by atoms with Gasteiger partial charge in [-0.15, -0.1) is 0 Å². The van der Waals surface area contributed by atoms with E-state index in [1.54, 1.807) is 17.0 Å². The molecule has 1 aliphatic heterocycles. The molecule has 2 atom stereocenters. The second kappa shape index (κ2) is 5.57. The van der Waals surface area contributed by atoms with Crippen LogP contribution in [0, 0.1) is 6.92 Å². The Balaban J connectivity index is 1.97. The van der Waals surface area contributed by atoms with E-state index in [0.717, 1.165) is 5.56 Å². The molecule has 0 radical (unpaired) electrons. The number of hydrogen-bond donors (Lipinski definition) is 0. The smallest absolute Gasteiger partial charge is 0.289 e. The van der Waals surface area contributed by atoms with Gasteiger partial charge in [-0.25, -0.2) is 0 Å². The molecule has 2 unspecified atom stereocenters. The minimum atomic E-state index is -0.262. The Hall–Kier alpha value is -2.14. The van der Waals surface area contributed by atoms with Gasteiger partial charge < -0.3 is 14.1 Å². The molecule has 1 aromatic heterocycles. The van der Waals surface area contributed by atoms with E-state index in [4.69, 9.17) is 9.15 Å². The normalized spacial score (nSPS) is 22.0. The fraction of sp³-hybridized carbons (Fsp3) is 0.412. The summed E-state index contributed by atoms with van der Waals surface area (Å²) in [6.45, 7) is 6.76. The zero-order chi connectivity index (χ0) is 15.9. The first-order valence-electron chi connectivity index (χ1n) is 7.43. The molecule has 0 spiro atoms. The summed E-state index contributed by atoms with van der Waals surface area (Å²) in [5, 5.41) is 0.500. The fourth-order valence-corrected chi connectivity index (χ4v) is 2.88.